The molecule has 0 aromatic heterocycles. The molecule has 0 atom stereocenters. The molecule has 0 heterocycles. The van der Waals surface area contributed by atoms with Crippen LogP contribution in [0.3, 0.4) is 0 Å². The Morgan fingerprint density at radius 2 is 1.90 bits per heavy atom. The normalized spacial score (nSPS) is 14.0. The van der Waals surface area contributed by atoms with Crippen LogP contribution in [-0.4, -0.2) is 36.0 Å². The minimum absolute atomic E-state index is 0.250. The molecule has 1 aliphatic carbocycles. The molecular weight excluding hydrogens is 266 g/mol. The van der Waals surface area contributed by atoms with Crippen LogP contribution in [0, 0.1) is 6.92 Å². The summed E-state index contributed by atoms with van der Waals surface area (Å²) in [7, 11) is 0. The maximum absolute atomic E-state index is 11.9. The van der Waals surface area contributed by atoms with Crippen LogP contribution in [0.15, 0.2) is 24.3 Å². The lowest BCUT2D eigenvalue weighted by molar-refractivity contribution is -0.121. The molecule has 1 aliphatic rings. The van der Waals surface area contributed by atoms with Crippen molar-refractivity contribution in [3.05, 3.63) is 35.4 Å². The molecule has 0 bridgehead atoms. The predicted molar refractivity (Wildman–Crippen MR) is 81.8 cm³/mol. The lowest BCUT2D eigenvalue weighted by atomic mass is 10.1. The Hall–Kier alpha value is -1.88. The fraction of sp³-hybridized carbons (Fsp3) is 0.500. The fourth-order valence-corrected chi connectivity index (χ4v) is 2.24. The van der Waals surface area contributed by atoms with Crippen molar-refractivity contribution in [2.24, 2.45) is 0 Å². The number of imide groups is 1. The van der Waals surface area contributed by atoms with E-state index >= 15 is 0 Å². The summed E-state index contributed by atoms with van der Waals surface area (Å²) < 4.78 is 0. The predicted octanol–water partition coefficient (Wildman–Crippen LogP) is 1.81. The average Bonchev–Trinajstić information content (AvgIpc) is 3.25. The summed E-state index contributed by atoms with van der Waals surface area (Å²) in [6.07, 6.45) is 2.25. The summed E-state index contributed by atoms with van der Waals surface area (Å²) in [6, 6.07) is 8.38. The number of carbonyl (C=O) groups is 2. The highest BCUT2D eigenvalue weighted by Crippen LogP contribution is 2.28. The van der Waals surface area contributed by atoms with Crippen LogP contribution in [0.4, 0.5) is 4.79 Å². The number of nitrogens with zero attached hydrogens (tertiary/aromatic N) is 1. The number of urea groups is 1. The average molecular weight is 289 g/mol. The van der Waals surface area contributed by atoms with Crippen molar-refractivity contribution in [1.29, 1.82) is 0 Å². The van der Waals surface area contributed by atoms with Crippen LogP contribution in [-0.2, 0) is 11.3 Å². The molecule has 1 saturated carbocycles. The molecule has 0 radical (unpaired) electrons. The number of hydrogen-bond donors (Lipinski definition) is 2. The zero-order valence-corrected chi connectivity index (χ0v) is 12.7. The van der Waals surface area contributed by atoms with Crippen molar-refractivity contribution in [2.75, 3.05) is 13.1 Å². The van der Waals surface area contributed by atoms with Crippen LogP contribution in [0.25, 0.3) is 0 Å². The third kappa shape index (κ3) is 5.19. The second-order valence-corrected chi connectivity index (χ2v) is 5.53. The lowest BCUT2D eigenvalue weighted by Crippen LogP contribution is -2.44. The zero-order valence-electron chi connectivity index (χ0n) is 12.7. The maximum Gasteiger partial charge on any atom is 0.321 e. The second kappa shape index (κ2) is 7.22. The molecule has 5 heteroatoms. The van der Waals surface area contributed by atoms with E-state index in [-0.39, 0.29) is 12.5 Å². The first-order valence-electron chi connectivity index (χ1n) is 7.45. The van der Waals surface area contributed by atoms with E-state index < -0.39 is 6.03 Å². The zero-order chi connectivity index (χ0) is 15.2. The van der Waals surface area contributed by atoms with Gasteiger partial charge in [-0.1, -0.05) is 29.8 Å². The van der Waals surface area contributed by atoms with Crippen LogP contribution < -0.4 is 10.6 Å². The maximum atomic E-state index is 11.9. The van der Waals surface area contributed by atoms with E-state index in [1.165, 1.54) is 11.1 Å². The minimum atomic E-state index is -0.423. The minimum Gasteiger partial charge on any atom is -0.338 e. The van der Waals surface area contributed by atoms with Crippen LogP contribution >= 0.6 is 0 Å². The first kappa shape index (κ1) is 15.5. The molecule has 1 aromatic carbocycles. The molecule has 0 saturated heterocycles. The van der Waals surface area contributed by atoms with Gasteiger partial charge < -0.3 is 5.32 Å². The third-order valence-corrected chi connectivity index (χ3v) is 3.51. The Kier molecular flexibility index (Phi) is 5.33. The Morgan fingerprint density at radius 3 is 2.48 bits per heavy atom. The summed E-state index contributed by atoms with van der Waals surface area (Å²) in [5.74, 6) is -0.250. The molecule has 114 valence electrons. The molecular formula is C16H23N3O2. The Morgan fingerprint density at radius 1 is 1.24 bits per heavy atom. The first-order chi connectivity index (χ1) is 10.1. The molecule has 2 rings (SSSR count). The van der Waals surface area contributed by atoms with Crippen LogP contribution in [0.5, 0.6) is 0 Å². The number of amides is 3. The van der Waals surface area contributed by atoms with Gasteiger partial charge in [0.1, 0.15) is 0 Å². The molecule has 0 aliphatic heterocycles. The van der Waals surface area contributed by atoms with Crippen molar-refractivity contribution in [3.8, 4) is 0 Å². The summed E-state index contributed by atoms with van der Waals surface area (Å²) in [5, 5.41) is 4.92. The molecule has 21 heavy (non-hydrogen) atoms. The first-order valence-corrected chi connectivity index (χ1v) is 7.45. The van der Waals surface area contributed by atoms with Gasteiger partial charge in [0, 0.05) is 19.1 Å². The van der Waals surface area contributed by atoms with Gasteiger partial charge in [-0.05, 0) is 32.3 Å². The van der Waals surface area contributed by atoms with Gasteiger partial charge in [-0.15, -0.1) is 0 Å². The monoisotopic (exact) mass is 289 g/mol. The highest BCUT2D eigenvalue weighted by Gasteiger charge is 2.30. The van der Waals surface area contributed by atoms with Crippen LogP contribution in [0.1, 0.15) is 30.9 Å². The van der Waals surface area contributed by atoms with E-state index in [0.29, 0.717) is 12.6 Å². The van der Waals surface area contributed by atoms with E-state index in [4.69, 9.17) is 0 Å². The standard InChI is InChI=1S/C16H23N3O2/c1-3-17-16(21)18-15(20)11-19(14-8-9-14)10-13-6-4-12(2)5-7-13/h4-7,14H,3,8-11H2,1-2H3,(H2,17,18,20,21). The van der Waals surface area contributed by atoms with Gasteiger partial charge in [0.25, 0.3) is 0 Å². The second-order valence-electron chi connectivity index (χ2n) is 5.53. The number of carbonyl (C=O) groups excluding carboxylic acids is 2. The van der Waals surface area contributed by atoms with Crippen molar-refractivity contribution < 1.29 is 9.59 Å². The molecule has 3 amide bonds. The van der Waals surface area contributed by atoms with Gasteiger partial charge in [-0.25, -0.2) is 4.79 Å². The van der Waals surface area contributed by atoms with Crippen LogP contribution in [0.2, 0.25) is 0 Å². The van der Waals surface area contributed by atoms with Crippen molar-refractivity contribution in [3.63, 3.8) is 0 Å². The van der Waals surface area contributed by atoms with E-state index in [2.05, 4.69) is 46.7 Å². The number of benzene rings is 1. The van der Waals surface area contributed by atoms with Gasteiger partial charge >= 0.3 is 6.03 Å². The van der Waals surface area contributed by atoms with Gasteiger partial charge in [-0.2, -0.15) is 0 Å². The molecule has 1 fully saturated rings. The van der Waals surface area contributed by atoms with Gasteiger partial charge in [-0.3, -0.25) is 15.0 Å². The summed E-state index contributed by atoms with van der Waals surface area (Å²) in [4.78, 5) is 25.4. The van der Waals surface area contributed by atoms with Crippen molar-refractivity contribution in [1.82, 2.24) is 15.5 Å². The fourth-order valence-electron chi connectivity index (χ4n) is 2.24. The highest BCUT2D eigenvalue weighted by molar-refractivity contribution is 5.95. The Bertz CT molecular complexity index is 495. The highest BCUT2D eigenvalue weighted by atomic mass is 16.2. The summed E-state index contributed by atoms with van der Waals surface area (Å²) >= 11 is 0. The van der Waals surface area contributed by atoms with Gasteiger partial charge in [0.05, 0.1) is 6.54 Å². The van der Waals surface area contributed by atoms with Crippen molar-refractivity contribution in [2.45, 2.75) is 39.3 Å². The third-order valence-electron chi connectivity index (χ3n) is 3.51. The number of rotatable bonds is 6. The van der Waals surface area contributed by atoms with E-state index in [9.17, 15) is 9.59 Å². The quantitative estimate of drug-likeness (QED) is 0.839. The number of hydrogen-bond acceptors (Lipinski definition) is 3. The largest absolute Gasteiger partial charge is 0.338 e. The molecule has 5 nitrogen and oxygen atoms in total. The number of nitrogens with one attached hydrogen (secondary N) is 2. The van der Waals surface area contributed by atoms with Gasteiger partial charge in [0.15, 0.2) is 0 Å². The van der Waals surface area contributed by atoms with E-state index in [0.717, 1.165) is 19.4 Å². The topological polar surface area (TPSA) is 61.4 Å². The number of aryl methyl sites for hydroxylation is 1. The molecule has 1 aromatic rings. The van der Waals surface area contributed by atoms with Crippen molar-refractivity contribution >= 4 is 11.9 Å². The molecule has 0 unspecified atom stereocenters. The van der Waals surface area contributed by atoms with E-state index in [1.807, 2.05) is 6.92 Å². The molecule has 2 N–H and O–H groups in total. The molecule has 0 spiro atoms. The summed E-state index contributed by atoms with van der Waals surface area (Å²) in [6.45, 7) is 5.39. The SMILES string of the molecule is CCNC(=O)NC(=O)CN(Cc1ccc(C)cc1)C1CC1. The lowest BCUT2D eigenvalue weighted by Gasteiger charge is -2.21. The van der Waals surface area contributed by atoms with Gasteiger partial charge in [0.2, 0.25) is 5.91 Å². The van der Waals surface area contributed by atoms with E-state index in [1.54, 1.807) is 0 Å². The smallest absolute Gasteiger partial charge is 0.321 e. The Labute approximate surface area is 125 Å². The summed E-state index contributed by atoms with van der Waals surface area (Å²) in [5.41, 5.74) is 2.42. The Balaban J connectivity index is 1.88.